The van der Waals surface area contributed by atoms with Crippen LogP contribution >= 0.6 is 0 Å². The molecular weight excluding hydrogens is 244 g/mol. The van der Waals surface area contributed by atoms with E-state index >= 15 is 0 Å². The van der Waals surface area contributed by atoms with Crippen molar-refractivity contribution in [2.24, 2.45) is 0 Å². The summed E-state index contributed by atoms with van der Waals surface area (Å²) < 4.78 is 5.09. The molecule has 0 aliphatic carbocycles. The lowest BCUT2D eigenvalue weighted by atomic mass is 10.1. The third kappa shape index (κ3) is 2.85. The van der Waals surface area contributed by atoms with Crippen LogP contribution in [0.1, 0.15) is 24.0 Å². The summed E-state index contributed by atoms with van der Waals surface area (Å²) in [6.45, 7) is 1.33. The Labute approximate surface area is 112 Å². The zero-order valence-corrected chi connectivity index (χ0v) is 10.8. The first-order valence-electron chi connectivity index (χ1n) is 6.19. The van der Waals surface area contributed by atoms with Gasteiger partial charge < -0.3 is 9.84 Å². The van der Waals surface area contributed by atoms with Gasteiger partial charge in [0.1, 0.15) is 17.9 Å². The third-order valence-corrected chi connectivity index (χ3v) is 3.42. The van der Waals surface area contributed by atoms with E-state index in [0.29, 0.717) is 24.3 Å². The molecule has 0 amide bonds. The highest BCUT2D eigenvalue weighted by Gasteiger charge is 2.30. The molecule has 1 N–H and O–H groups in total. The van der Waals surface area contributed by atoms with Gasteiger partial charge in [-0.3, -0.25) is 9.69 Å². The smallest absolute Gasteiger partial charge is 0.320 e. The maximum Gasteiger partial charge on any atom is 0.320 e. The van der Waals surface area contributed by atoms with Crippen molar-refractivity contribution >= 4 is 5.97 Å². The standard InChI is InChI=1S/C14H16N2O3/c1-19-13-5-4-10(7-11(13)8-15)9-16-6-2-3-12(16)14(17)18/h4-5,7,12H,2-3,6,9H2,1H3,(H,17,18). The van der Waals surface area contributed by atoms with Crippen LogP contribution in [0.25, 0.3) is 0 Å². The number of nitriles is 1. The van der Waals surface area contributed by atoms with Gasteiger partial charge in [-0.25, -0.2) is 0 Å². The Morgan fingerprint density at radius 3 is 3.05 bits per heavy atom. The normalized spacial score (nSPS) is 19.1. The minimum Gasteiger partial charge on any atom is -0.495 e. The number of ether oxygens (including phenoxy) is 1. The topological polar surface area (TPSA) is 73.6 Å². The van der Waals surface area contributed by atoms with E-state index in [1.165, 1.54) is 7.11 Å². The SMILES string of the molecule is COc1ccc(CN2CCCC2C(=O)O)cc1C#N. The van der Waals surface area contributed by atoms with E-state index in [2.05, 4.69) is 6.07 Å². The van der Waals surface area contributed by atoms with Gasteiger partial charge >= 0.3 is 5.97 Å². The molecule has 1 unspecified atom stereocenters. The van der Waals surface area contributed by atoms with Crippen molar-refractivity contribution in [2.45, 2.75) is 25.4 Å². The molecule has 1 atom stereocenters. The predicted octanol–water partition coefficient (Wildman–Crippen LogP) is 1.62. The molecular formula is C14H16N2O3. The minimum atomic E-state index is -0.772. The van der Waals surface area contributed by atoms with Crippen molar-refractivity contribution in [3.63, 3.8) is 0 Å². The Kier molecular flexibility index (Phi) is 4.03. The number of methoxy groups -OCH3 is 1. The second-order valence-corrected chi connectivity index (χ2v) is 4.61. The molecule has 1 saturated heterocycles. The highest BCUT2D eigenvalue weighted by Crippen LogP contribution is 2.23. The summed E-state index contributed by atoms with van der Waals surface area (Å²) in [5.41, 5.74) is 1.41. The molecule has 2 rings (SSSR count). The lowest BCUT2D eigenvalue weighted by Crippen LogP contribution is -2.35. The van der Waals surface area contributed by atoms with Crippen molar-refractivity contribution in [1.82, 2.24) is 4.90 Å². The van der Waals surface area contributed by atoms with Gasteiger partial charge in [-0.2, -0.15) is 5.26 Å². The fraction of sp³-hybridized carbons (Fsp3) is 0.429. The first-order valence-corrected chi connectivity index (χ1v) is 6.19. The Morgan fingerprint density at radius 2 is 2.42 bits per heavy atom. The summed E-state index contributed by atoms with van der Waals surface area (Å²) in [4.78, 5) is 13.0. The maximum atomic E-state index is 11.1. The number of rotatable bonds is 4. The van der Waals surface area contributed by atoms with Crippen molar-refractivity contribution in [3.8, 4) is 11.8 Å². The van der Waals surface area contributed by atoms with Crippen molar-refractivity contribution < 1.29 is 14.6 Å². The molecule has 1 fully saturated rings. The van der Waals surface area contributed by atoms with Crippen LogP contribution in [-0.4, -0.2) is 35.7 Å². The Morgan fingerprint density at radius 1 is 1.63 bits per heavy atom. The van der Waals surface area contributed by atoms with E-state index in [1.807, 2.05) is 11.0 Å². The highest BCUT2D eigenvalue weighted by molar-refractivity contribution is 5.73. The monoisotopic (exact) mass is 260 g/mol. The van der Waals surface area contributed by atoms with Gasteiger partial charge in [-0.15, -0.1) is 0 Å². The quantitative estimate of drug-likeness (QED) is 0.890. The summed E-state index contributed by atoms with van der Waals surface area (Å²) in [5, 5.41) is 18.2. The first kappa shape index (κ1) is 13.4. The van der Waals surface area contributed by atoms with Gasteiger partial charge in [0, 0.05) is 6.54 Å². The van der Waals surface area contributed by atoms with Crippen LogP contribution in [0.2, 0.25) is 0 Å². The number of carbonyl (C=O) groups is 1. The molecule has 1 aromatic carbocycles. The minimum absolute atomic E-state index is 0.410. The zero-order valence-electron chi connectivity index (χ0n) is 10.8. The number of hydrogen-bond acceptors (Lipinski definition) is 4. The van der Waals surface area contributed by atoms with Gasteiger partial charge in [-0.05, 0) is 37.1 Å². The first-order chi connectivity index (χ1) is 9.15. The number of carboxylic acids is 1. The number of nitrogens with zero attached hydrogens (tertiary/aromatic N) is 2. The summed E-state index contributed by atoms with van der Waals surface area (Å²) >= 11 is 0. The molecule has 0 spiro atoms. The fourth-order valence-electron chi connectivity index (χ4n) is 2.47. The van der Waals surface area contributed by atoms with Crippen LogP contribution in [0, 0.1) is 11.3 Å². The Bertz CT molecular complexity index is 522. The Hall–Kier alpha value is -2.06. The zero-order chi connectivity index (χ0) is 13.8. The molecule has 0 saturated carbocycles. The van der Waals surface area contributed by atoms with E-state index < -0.39 is 12.0 Å². The van der Waals surface area contributed by atoms with Gasteiger partial charge in [-0.1, -0.05) is 6.07 Å². The second-order valence-electron chi connectivity index (χ2n) is 4.61. The summed E-state index contributed by atoms with van der Waals surface area (Å²) in [5.74, 6) is -0.228. The van der Waals surface area contributed by atoms with Crippen LogP contribution < -0.4 is 4.74 Å². The Balaban J connectivity index is 2.15. The maximum absolute atomic E-state index is 11.1. The van der Waals surface area contributed by atoms with Crippen LogP contribution in [0.5, 0.6) is 5.75 Å². The fourth-order valence-corrected chi connectivity index (χ4v) is 2.47. The van der Waals surface area contributed by atoms with Crippen molar-refractivity contribution in [1.29, 1.82) is 5.26 Å². The summed E-state index contributed by atoms with van der Waals surface area (Å²) in [6.07, 6.45) is 1.59. The number of aliphatic carboxylic acids is 1. The molecule has 5 nitrogen and oxygen atoms in total. The van der Waals surface area contributed by atoms with E-state index in [1.54, 1.807) is 12.1 Å². The molecule has 19 heavy (non-hydrogen) atoms. The number of benzene rings is 1. The van der Waals surface area contributed by atoms with Crippen LogP contribution in [0.15, 0.2) is 18.2 Å². The van der Waals surface area contributed by atoms with Gasteiger partial charge in [0.25, 0.3) is 0 Å². The lowest BCUT2D eigenvalue weighted by molar-refractivity contribution is -0.142. The molecule has 100 valence electrons. The third-order valence-electron chi connectivity index (χ3n) is 3.42. The van der Waals surface area contributed by atoms with Crippen LogP contribution in [0.4, 0.5) is 0 Å². The molecule has 5 heteroatoms. The van der Waals surface area contributed by atoms with E-state index in [-0.39, 0.29) is 0 Å². The molecule has 0 aromatic heterocycles. The summed E-state index contributed by atoms with van der Waals surface area (Å²) in [6, 6.07) is 7.06. The second kappa shape index (κ2) is 5.72. The summed E-state index contributed by atoms with van der Waals surface area (Å²) in [7, 11) is 1.52. The molecule has 1 aliphatic rings. The van der Waals surface area contributed by atoms with E-state index in [4.69, 9.17) is 15.1 Å². The molecule has 1 aliphatic heterocycles. The average molecular weight is 260 g/mol. The van der Waals surface area contributed by atoms with Crippen LogP contribution in [0.3, 0.4) is 0 Å². The predicted molar refractivity (Wildman–Crippen MR) is 68.8 cm³/mol. The van der Waals surface area contributed by atoms with E-state index in [0.717, 1.165) is 18.5 Å². The van der Waals surface area contributed by atoms with Crippen molar-refractivity contribution in [3.05, 3.63) is 29.3 Å². The average Bonchev–Trinajstić information content (AvgIpc) is 2.87. The highest BCUT2D eigenvalue weighted by atomic mass is 16.5. The van der Waals surface area contributed by atoms with Crippen molar-refractivity contribution in [2.75, 3.05) is 13.7 Å². The van der Waals surface area contributed by atoms with Gasteiger partial charge in [0.2, 0.25) is 0 Å². The van der Waals surface area contributed by atoms with Gasteiger partial charge in [0.05, 0.1) is 12.7 Å². The van der Waals surface area contributed by atoms with E-state index in [9.17, 15) is 4.79 Å². The number of hydrogen-bond donors (Lipinski definition) is 1. The lowest BCUT2D eigenvalue weighted by Gasteiger charge is -2.21. The molecule has 1 heterocycles. The number of likely N-dealkylation sites (tertiary alicyclic amines) is 1. The largest absolute Gasteiger partial charge is 0.495 e. The number of carboxylic acid groups (broad SMARTS) is 1. The van der Waals surface area contributed by atoms with Crippen LogP contribution in [-0.2, 0) is 11.3 Å². The van der Waals surface area contributed by atoms with Gasteiger partial charge in [0.15, 0.2) is 0 Å². The molecule has 0 bridgehead atoms. The molecule has 0 radical (unpaired) electrons. The molecule has 1 aromatic rings.